The quantitative estimate of drug-likeness (QED) is 0.831. The number of hydrogen-bond acceptors (Lipinski definition) is 5. The van der Waals surface area contributed by atoms with Gasteiger partial charge in [-0.25, -0.2) is 4.98 Å². The Kier molecular flexibility index (Phi) is 4.50. The number of amides is 1. The van der Waals surface area contributed by atoms with E-state index in [-0.39, 0.29) is 5.91 Å². The Labute approximate surface area is 143 Å². The van der Waals surface area contributed by atoms with E-state index >= 15 is 0 Å². The van der Waals surface area contributed by atoms with E-state index in [2.05, 4.69) is 26.8 Å². The highest BCUT2D eigenvalue weighted by molar-refractivity contribution is 5.92. The SMILES string of the molecule is CN1[C@H](CN2CCCC2)C[C@@H]2CN(C(=O)c3cnccn3)CC[C@@H]21. The molecular formula is C18H27N5O. The minimum Gasteiger partial charge on any atom is -0.337 e. The fourth-order valence-corrected chi connectivity index (χ4v) is 4.80. The van der Waals surface area contributed by atoms with Crippen molar-refractivity contribution < 1.29 is 4.79 Å². The minimum absolute atomic E-state index is 0.0344. The van der Waals surface area contributed by atoms with Crippen molar-refractivity contribution in [3.8, 4) is 0 Å². The van der Waals surface area contributed by atoms with E-state index in [9.17, 15) is 4.79 Å². The Balaban J connectivity index is 1.39. The lowest BCUT2D eigenvalue weighted by molar-refractivity contribution is 0.0599. The number of rotatable bonds is 3. The highest BCUT2D eigenvalue weighted by atomic mass is 16.2. The van der Waals surface area contributed by atoms with Crippen LogP contribution in [0.5, 0.6) is 0 Å². The molecule has 0 N–H and O–H groups in total. The standard InChI is InChI=1S/C18H27N5O/c1-21-15(13-22-7-2-3-8-22)10-14-12-23(9-4-17(14)21)18(24)16-11-19-5-6-20-16/h5-6,11,14-15,17H,2-4,7-10,12-13H2,1H3/t14-,15+,17+/m1/s1. The summed E-state index contributed by atoms with van der Waals surface area (Å²) in [6.07, 6.45) is 9.76. The van der Waals surface area contributed by atoms with Crippen molar-refractivity contribution in [1.29, 1.82) is 0 Å². The van der Waals surface area contributed by atoms with E-state index < -0.39 is 0 Å². The summed E-state index contributed by atoms with van der Waals surface area (Å²) >= 11 is 0. The number of carbonyl (C=O) groups excluding carboxylic acids is 1. The van der Waals surface area contributed by atoms with Gasteiger partial charge in [0.1, 0.15) is 5.69 Å². The molecule has 3 aliphatic rings. The summed E-state index contributed by atoms with van der Waals surface area (Å²) in [6.45, 7) is 5.41. The number of likely N-dealkylation sites (N-methyl/N-ethyl adjacent to an activating group) is 1. The molecule has 4 rings (SSSR count). The van der Waals surface area contributed by atoms with Gasteiger partial charge < -0.3 is 9.80 Å². The summed E-state index contributed by atoms with van der Waals surface area (Å²) in [5.41, 5.74) is 0.468. The van der Waals surface area contributed by atoms with Crippen molar-refractivity contribution in [1.82, 2.24) is 24.7 Å². The van der Waals surface area contributed by atoms with Crippen LogP contribution in [0.2, 0.25) is 0 Å². The molecule has 130 valence electrons. The van der Waals surface area contributed by atoms with Gasteiger partial charge in [-0.3, -0.25) is 14.7 Å². The van der Waals surface area contributed by atoms with E-state index in [1.165, 1.54) is 38.9 Å². The van der Waals surface area contributed by atoms with E-state index in [0.717, 1.165) is 19.5 Å². The van der Waals surface area contributed by atoms with E-state index in [4.69, 9.17) is 0 Å². The lowest BCUT2D eigenvalue weighted by Gasteiger charge is -2.37. The molecule has 3 aliphatic heterocycles. The fourth-order valence-electron chi connectivity index (χ4n) is 4.80. The molecule has 3 atom stereocenters. The van der Waals surface area contributed by atoms with Gasteiger partial charge in [-0.2, -0.15) is 0 Å². The maximum Gasteiger partial charge on any atom is 0.274 e. The minimum atomic E-state index is 0.0344. The maximum absolute atomic E-state index is 12.6. The zero-order valence-electron chi connectivity index (χ0n) is 14.5. The van der Waals surface area contributed by atoms with Gasteiger partial charge >= 0.3 is 0 Å². The first-order valence-corrected chi connectivity index (χ1v) is 9.22. The van der Waals surface area contributed by atoms with Gasteiger partial charge in [-0.1, -0.05) is 0 Å². The number of piperidine rings is 1. The van der Waals surface area contributed by atoms with Crippen LogP contribution < -0.4 is 0 Å². The number of nitrogens with zero attached hydrogens (tertiary/aromatic N) is 5. The monoisotopic (exact) mass is 329 g/mol. The molecule has 3 fully saturated rings. The number of fused-ring (bicyclic) bond motifs is 1. The summed E-state index contributed by atoms with van der Waals surface area (Å²) in [7, 11) is 2.28. The summed E-state index contributed by atoms with van der Waals surface area (Å²) in [5.74, 6) is 0.629. The number of likely N-dealkylation sites (tertiary alicyclic amines) is 3. The smallest absolute Gasteiger partial charge is 0.274 e. The number of aromatic nitrogens is 2. The molecule has 6 nitrogen and oxygen atoms in total. The zero-order valence-corrected chi connectivity index (χ0v) is 14.5. The van der Waals surface area contributed by atoms with Crippen LogP contribution in [0.4, 0.5) is 0 Å². The molecule has 0 saturated carbocycles. The lowest BCUT2D eigenvalue weighted by atomic mass is 9.92. The molecule has 0 spiro atoms. The first kappa shape index (κ1) is 16.0. The van der Waals surface area contributed by atoms with Crippen molar-refractivity contribution >= 4 is 5.91 Å². The van der Waals surface area contributed by atoms with Crippen LogP contribution in [0.1, 0.15) is 36.2 Å². The number of hydrogen-bond donors (Lipinski definition) is 0. The van der Waals surface area contributed by atoms with Crippen LogP contribution in [0.25, 0.3) is 0 Å². The second kappa shape index (κ2) is 6.76. The molecule has 1 amide bonds. The third-order valence-corrected chi connectivity index (χ3v) is 6.10. The van der Waals surface area contributed by atoms with Gasteiger partial charge in [-0.15, -0.1) is 0 Å². The molecular weight excluding hydrogens is 302 g/mol. The van der Waals surface area contributed by atoms with Gasteiger partial charge in [0.25, 0.3) is 5.91 Å². The van der Waals surface area contributed by atoms with Crippen molar-refractivity contribution in [3.63, 3.8) is 0 Å². The van der Waals surface area contributed by atoms with Gasteiger partial charge in [0, 0.05) is 44.1 Å². The van der Waals surface area contributed by atoms with Gasteiger partial charge in [0.05, 0.1) is 6.20 Å². The summed E-state index contributed by atoms with van der Waals surface area (Å²) in [4.78, 5) is 28.0. The lowest BCUT2D eigenvalue weighted by Crippen LogP contribution is -2.48. The Morgan fingerprint density at radius 3 is 2.83 bits per heavy atom. The third-order valence-electron chi connectivity index (χ3n) is 6.10. The van der Waals surface area contributed by atoms with Crippen molar-refractivity contribution in [2.45, 2.75) is 37.8 Å². The second-order valence-corrected chi connectivity index (χ2v) is 7.52. The van der Waals surface area contributed by atoms with Crippen molar-refractivity contribution in [2.75, 3.05) is 39.8 Å². The molecule has 3 saturated heterocycles. The molecule has 6 heteroatoms. The molecule has 0 bridgehead atoms. The summed E-state index contributed by atoms with van der Waals surface area (Å²) in [6, 6.07) is 1.27. The van der Waals surface area contributed by atoms with E-state index in [1.807, 2.05) is 4.90 Å². The molecule has 4 heterocycles. The summed E-state index contributed by atoms with van der Waals surface area (Å²) < 4.78 is 0. The van der Waals surface area contributed by atoms with Gasteiger partial charge in [0.15, 0.2) is 0 Å². The highest BCUT2D eigenvalue weighted by Gasteiger charge is 2.43. The Morgan fingerprint density at radius 1 is 1.25 bits per heavy atom. The Hall–Kier alpha value is -1.53. The third kappa shape index (κ3) is 3.05. The zero-order chi connectivity index (χ0) is 16.5. The normalized spacial score (nSPS) is 31.4. The Bertz CT molecular complexity index is 574. The van der Waals surface area contributed by atoms with Gasteiger partial charge in [-0.05, 0) is 51.7 Å². The topological polar surface area (TPSA) is 52.6 Å². The average molecular weight is 329 g/mol. The Morgan fingerprint density at radius 2 is 2.08 bits per heavy atom. The van der Waals surface area contributed by atoms with Crippen molar-refractivity contribution in [2.24, 2.45) is 5.92 Å². The summed E-state index contributed by atoms with van der Waals surface area (Å²) in [5, 5.41) is 0. The average Bonchev–Trinajstić information content (AvgIpc) is 3.24. The predicted octanol–water partition coefficient (Wildman–Crippen LogP) is 1.11. The molecule has 24 heavy (non-hydrogen) atoms. The molecule has 0 radical (unpaired) electrons. The van der Waals surface area contributed by atoms with Crippen LogP contribution in [0.15, 0.2) is 18.6 Å². The van der Waals surface area contributed by atoms with Crippen LogP contribution in [-0.2, 0) is 0 Å². The largest absolute Gasteiger partial charge is 0.337 e. The first-order valence-electron chi connectivity index (χ1n) is 9.22. The molecule has 1 aromatic heterocycles. The highest BCUT2D eigenvalue weighted by Crippen LogP contribution is 2.35. The van der Waals surface area contributed by atoms with E-state index in [0.29, 0.717) is 23.7 Å². The molecule has 1 aromatic rings. The maximum atomic E-state index is 12.6. The van der Waals surface area contributed by atoms with Crippen LogP contribution in [-0.4, -0.2) is 82.4 Å². The molecule has 0 unspecified atom stereocenters. The van der Waals surface area contributed by atoms with Crippen LogP contribution in [0, 0.1) is 5.92 Å². The van der Waals surface area contributed by atoms with E-state index in [1.54, 1.807) is 18.6 Å². The van der Waals surface area contributed by atoms with Crippen LogP contribution in [0.3, 0.4) is 0 Å². The molecule has 0 aromatic carbocycles. The van der Waals surface area contributed by atoms with Crippen LogP contribution >= 0.6 is 0 Å². The second-order valence-electron chi connectivity index (χ2n) is 7.52. The predicted molar refractivity (Wildman–Crippen MR) is 91.7 cm³/mol. The number of carbonyl (C=O) groups is 1. The van der Waals surface area contributed by atoms with Crippen molar-refractivity contribution in [3.05, 3.63) is 24.3 Å². The molecule has 0 aliphatic carbocycles. The fraction of sp³-hybridized carbons (Fsp3) is 0.722. The van der Waals surface area contributed by atoms with Gasteiger partial charge in [0.2, 0.25) is 0 Å². The first-order chi connectivity index (χ1) is 11.7.